The molecule has 6 heteroatoms. The molecule has 0 aromatic heterocycles. The lowest BCUT2D eigenvalue weighted by Gasteiger charge is -2.20. The van der Waals surface area contributed by atoms with Crippen LogP contribution < -0.4 is 5.73 Å². The third-order valence-corrected chi connectivity index (χ3v) is 2.44. The number of amidine groups is 1. The number of rotatable bonds is 1. The summed E-state index contributed by atoms with van der Waals surface area (Å²) < 4.78 is 44.9. The zero-order valence-electron chi connectivity index (χ0n) is 8.43. The number of ether oxygens (including phenoxy) is 1. The van der Waals surface area contributed by atoms with Gasteiger partial charge in [-0.25, -0.2) is 18.2 Å². The van der Waals surface area contributed by atoms with Crippen molar-refractivity contribution in [2.75, 3.05) is 6.61 Å². The number of hydrogen-bond acceptors (Lipinski definition) is 3. The topological polar surface area (TPSA) is 47.6 Å². The van der Waals surface area contributed by atoms with E-state index in [2.05, 4.69) is 4.99 Å². The molecule has 0 saturated heterocycles. The second-order valence-corrected chi connectivity index (χ2v) is 3.73. The Balaban J connectivity index is 2.60. The van der Waals surface area contributed by atoms with Crippen LogP contribution in [0.2, 0.25) is 0 Å². The Morgan fingerprint density at radius 3 is 2.50 bits per heavy atom. The molecule has 0 aliphatic carbocycles. The standard InChI is InChI=1S/C10H9F3N2O/c1-10(4-16-9(14)15-10)7-5(11)2-3-6(12)8(7)13/h2-3H,4H2,1H3,(H2,14,15)/t10-/m0/s1. The van der Waals surface area contributed by atoms with Crippen molar-refractivity contribution >= 4 is 6.02 Å². The summed E-state index contributed by atoms with van der Waals surface area (Å²) in [4.78, 5) is 3.78. The Labute approximate surface area is 89.7 Å². The highest BCUT2D eigenvalue weighted by Gasteiger charge is 2.38. The minimum Gasteiger partial charge on any atom is -0.462 e. The number of hydrogen-bond donors (Lipinski definition) is 1. The summed E-state index contributed by atoms with van der Waals surface area (Å²) in [5.41, 5.74) is 3.49. The van der Waals surface area contributed by atoms with Gasteiger partial charge in [0.15, 0.2) is 11.6 Å². The van der Waals surface area contributed by atoms with E-state index in [-0.39, 0.29) is 12.6 Å². The van der Waals surface area contributed by atoms with Crippen molar-refractivity contribution in [1.82, 2.24) is 0 Å². The molecule has 2 N–H and O–H groups in total. The summed E-state index contributed by atoms with van der Waals surface area (Å²) in [5, 5.41) is 0. The van der Waals surface area contributed by atoms with Crippen molar-refractivity contribution in [2.45, 2.75) is 12.5 Å². The van der Waals surface area contributed by atoms with E-state index in [1.54, 1.807) is 0 Å². The second-order valence-electron chi connectivity index (χ2n) is 3.73. The first-order valence-corrected chi connectivity index (χ1v) is 4.56. The van der Waals surface area contributed by atoms with E-state index in [1.165, 1.54) is 6.92 Å². The van der Waals surface area contributed by atoms with E-state index in [0.717, 1.165) is 12.1 Å². The molecule has 1 aliphatic rings. The molecule has 0 unspecified atom stereocenters. The lowest BCUT2D eigenvalue weighted by molar-refractivity contribution is 0.256. The third kappa shape index (κ3) is 1.50. The van der Waals surface area contributed by atoms with Gasteiger partial charge in [0, 0.05) is 0 Å². The van der Waals surface area contributed by atoms with Gasteiger partial charge in [-0.1, -0.05) is 0 Å². The summed E-state index contributed by atoms with van der Waals surface area (Å²) in [5.74, 6) is -3.26. The van der Waals surface area contributed by atoms with Crippen molar-refractivity contribution in [3.8, 4) is 0 Å². The maximum absolute atomic E-state index is 13.5. The lowest BCUT2D eigenvalue weighted by Crippen LogP contribution is -2.24. The predicted molar refractivity (Wildman–Crippen MR) is 51.2 cm³/mol. The minimum atomic E-state index is -1.32. The highest BCUT2D eigenvalue weighted by Crippen LogP contribution is 2.34. The normalized spacial score (nSPS) is 24.1. The maximum atomic E-state index is 13.5. The van der Waals surface area contributed by atoms with Gasteiger partial charge >= 0.3 is 0 Å². The molecule has 1 atom stereocenters. The molecule has 86 valence electrons. The molecular weight excluding hydrogens is 221 g/mol. The highest BCUT2D eigenvalue weighted by atomic mass is 19.2. The van der Waals surface area contributed by atoms with Gasteiger partial charge in [-0.2, -0.15) is 0 Å². The number of halogens is 3. The monoisotopic (exact) mass is 230 g/mol. The Bertz CT molecular complexity index is 475. The zero-order chi connectivity index (χ0) is 11.9. The van der Waals surface area contributed by atoms with Gasteiger partial charge in [0.05, 0.1) is 5.56 Å². The summed E-state index contributed by atoms with van der Waals surface area (Å²) in [7, 11) is 0. The Morgan fingerprint density at radius 1 is 1.31 bits per heavy atom. The minimum absolute atomic E-state index is 0.115. The summed E-state index contributed by atoms with van der Waals surface area (Å²) in [6.45, 7) is 1.31. The largest absolute Gasteiger partial charge is 0.462 e. The molecule has 3 nitrogen and oxygen atoms in total. The van der Waals surface area contributed by atoms with Gasteiger partial charge in [-0.15, -0.1) is 0 Å². The highest BCUT2D eigenvalue weighted by molar-refractivity contribution is 5.74. The Morgan fingerprint density at radius 2 is 1.94 bits per heavy atom. The van der Waals surface area contributed by atoms with E-state index < -0.39 is 28.6 Å². The average Bonchev–Trinajstić information content (AvgIpc) is 2.54. The molecule has 0 radical (unpaired) electrons. The first-order valence-electron chi connectivity index (χ1n) is 4.56. The van der Waals surface area contributed by atoms with Crippen LogP contribution in [0.1, 0.15) is 12.5 Å². The number of aliphatic imine (C=N–C) groups is 1. The van der Waals surface area contributed by atoms with Crippen LogP contribution in [0.5, 0.6) is 0 Å². The van der Waals surface area contributed by atoms with Crippen LogP contribution in [0.15, 0.2) is 17.1 Å². The second kappa shape index (κ2) is 3.40. The lowest BCUT2D eigenvalue weighted by atomic mass is 9.93. The van der Waals surface area contributed by atoms with Gasteiger partial charge in [-0.05, 0) is 19.1 Å². The molecule has 2 rings (SSSR count). The van der Waals surface area contributed by atoms with Crippen LogP contribution in [0.3, 0.4) is 0 Å². The van der Waals surface area contributed by atoms with Crippen molar-refractivity contribution in [2.24, 2.45) is 10.7 Å². The van der Waals surface area contributed by atoms with E-state index in [4.69, 9.17) is 10.5 Å². The Kier molecular flexibility index (Phi) is 2.29. The van der Waals surface area contributed by atoms with Crippen LogP contribution in [-0.2, 0) is 10.3 Å². The smallest absolute Gasteiger partial charge is 0.283 e. The zero-order valence-corrected chi connectivity index (χ0v) is 8.43. The number of nitrogens with two attached hydrogens (primary N) is 1. The van der Waals surface area contributed by atoms with Crippen LogP contribution in [0.25, 0.3) is 0 Å². The van der Waals surface area contributed by atoms with Crippen molar-refractivity contribution < 1.29 is 17.9 Å². The Hall–Kier alpha value is -1.72. The molecule has 0 spiro atoms. The SMILES string of the molecule is C[C@@]1(c2c(F)ccc(F)c2F)COC(N)=N1. The quantitative estimate of drug-likeness (QED) is 0.746. The molecule has 1 aromatic carbocycles. The predicted octanol–water partition coefficient (Wildman–Crippen LogP) is 1.66. The van der Waals surface area contributed by atoms with Crippen molar-refractivity contribution in [3.63, 3.8) is 0 Å². The van der Waals surface area contributed by atoms with Gasteiger partial charge < -0.3 is 10.5 Å². The van der Waals surface area contributed by atoms with Gasteiger partial charge in [0.2, 0.25) is 0 Å². The van der Waals surface area contributed by atoms with E-state index >= 15 is 0 Å². The van der Waals surface area contributed by atoms with Crippen LogP contribution in [-0.4, -0.2) is 12.6 Å². The average molecular weight is 230 g/mol. The first kappa shape index (κ1) is 10.8. The van der Waals surface area contributed by atoms with Gasteiger partial charge in [-0.3, -0.25) is 0 Å². The van der Waals surface area contributed by atoms with Crippen molar-refractivity contribution in [1.29, 1.82) is 0 Å². The molecule has 16 heavy (non-hydrogen) atoms. The molecule has 1 aliphatic heterocycles. The van der Waals surface area contributed by atoms with E-state index in [1.807, 2.05) is 0 Å². The van der Waals surface area contributed by atoms with Gasteiger partial charge in [0.1, 0.15) is 18.0 Å². The summed E-state index contributed by atoms with van der Waals surface area (Å²) in [6.07, 6.45) is 0. The van der Waals surface area contributed by atoms with Crippen LogP contribution >= 0.6 is 0 Å². The molecule has 1 aromatic rings. The fourth-order valence-electron chi connectivity index (χ4n) is 1.67. The molecule has 0 fully saturated rings. The first-order chi connectivity index (χ1) is 7.44. The fraction of sp³-hybridized carbons (Fsp3) is 0.300. The van der Waals surface area contributed by atoms with Crippen LogP contribution in [0.4, 0.5) is 13.2 Å². The van der Waals surface area contributed by atoms with Crippen LogP contribution in [0, 0.1) is 17.5 Å². The van der Waals surface area contributed by atoms with E-state index in [9.17, 15) is 13.2 Å². The summed E-state index contributed by atoms with van der Waals surface area (Å²) in [6, 6.07) is 1.41. The number of nitrogens with zero attached hydrogens (tertiary/aromatic N) is 1. The van der Waals surface area contributed by atoms with Gasteiger partial charge in [0.25, 0.3) is 6.02 Å². The molecule has 0 bridgehead atoms. The maximum Gasteiger partial charge on any atom is 0.283 e. The fourth-order valence-corrected chi connectivity index (χ4v) is 1.67. The molecule has 0 saturated carbocycles. The molecular formula is C10H9F3N2O. The third-order valence-electron chi connectivity index (χ3n) is 2.44. The number of benzene rings is 1. The molecule has 1 heterocycles. The summed E-state index contributed by atoms with van der Waals surface area (Å²) >= 11 is 0. The van der Waals surface area contributed by atoms with E-state index in [0.29, 0.717) is 0 Å². The molecule has 0 amide bonds. The van der Waals surface area contributed by atoms with Crippen molar-refractivity contribution in [3.05, 3.63) is 35.1 Å².